The number of rotatable bonds is 4. The van der Waals surface area contributed by atoms with E-state index < -0.39 is 5.60 Å². The summed E-state index contributed by atoms with van der Waals surface area (Å²) in [6.07, 6.45) is 0. The van der Waals surface area contributed by atoms with Gasteiger partial charge < -0.3 is 19.1 Å². The van der Waals surface area contributed by atoms with Crippen LogP contribution in [-0.2, 0) is 4.79 Å². The molecular weight excluding hydrogens is 353 g/mol. The number of carbonyl (C=O) groups is 2. The van der Waals surface area contributed by atoms with E-state index in [-0.39, 0.29) is 23.4 Å². The molecule has 1 saturated heterocycles. The monoisotopic (exact) mass is 375 g/mol. The first-order valence-corrected chi connectivity index (χ1v) is 8.73. The molecule has 8 heteroatoms. The van der Waals surface area contributed by atoms with Crippen molar-refractivity contribution in [2.75, 3.05) is 26.2 Å². The van der Waals surface area contributed by atoms with Gasteiger partial charge in [-0.1, -0.05) is 5.16 Å². The van der Waals surface area contributed by atoms with E-state index in [1.807, 2.05) is 0 Å². The van der Waals surface area contributed by atoms with Crippen molar-refractivity contribution >= 4 is 11.8 Å². The zero-order valence-corrected chi connectivity index (χ0v) is 15.6. The molecule has 0 aliphatic carbocycles. The van der Waals surface area contributed by atoms with Gasteiger partial charge in [0.2, 0.25) is 5.76 Å². The first-order valence-electron chi connectivity index (χ1n) is 8.73. The van der Waals surface area contributed by atoms with Gasteiger partial charge in [-0.2, -0.15) is 0 Å². The van der Waals surface area contributed by atoms with Crippen LogP contribution in [0.2, 0.25) is 0 Å². The van der Waals surface area contributed by atoms with E-state index in [1.165, 1.54) is 24.3 Å². The van der Waals surface area contributed by atoms with Crippen molar-refractivity contribution in [1.82, 2.24) is 15.0 Å². The Morgan fingerprint density at radius 1 is 1.11 bits per heavy atom. The van der Waals surface area contributed by atoms with Crippen LogP contribution in [0.1, 0.15) is 30.1 Å². The lowest BCUT2D eigenvalue weighted by Gasteiger charge is -2.38. The fourth-order valence-electron chi connectivity index (χ4n) is 2.95. The summed E-state index contributed by atoms with van der Waals surface area (Å²) in [7, 11) is 0. The lowest BCUT2D eigenvalue weighted by Crippen LogP contribution is -2.56. The summed E-state index contributed by atoms with van der Waals surface area (Å²) in [5.41, 5.74) is -0.460. The normalized spacial score (nSPS) is 15.0. The van der Waals surface area contributed by atoms with Gasteiger partial charge in [-0.15, -0.1) is 0 Å². The number of aromatic nitrogens is 1. The molecule has 1 aromatic carbocycles. The van der Waals surface area contributed by atoms with Crippen LogP contribution < -0.4 is 4.74 Å². The van der Waals surface area contributed by atoms with Crippen LogP contribution in [0, 0.1) is 12.7 Å². The van der Waals surface area contributed by atoms with Crippen LogP contribution in [0.4, 0.5) is 4.39 Å². The molecule has 0 radical (unpaired) electrons. The fraction of sp³-hybridized carbons (Fsp3) is 0.421. The van der Waals surface area contributed by atoms with Crippen LogP contribution in [0.15, 0.2) is 34.9 Å². The van der Waals surface area contributed by atoms with E-state index in [0.717, 1.165) is 0 Å². The third kappa shape index (κ3) is 4.27. The number of halogens is 1. The zero-order valence-electron chi connectivity index (χ0n) is 15.6. The molecule has 27 heavy (non-hydrogen) atoms. The molecule has 2 heterocycles. The van der Waals surface area contributed by atoms with E-state index in [1.54, 1.807) is 36.6 Å². The van der Waals surface area contributed by atoms with Gasteiger partial charge in [0.15, 0.2) is 5.60 Å². The Kier molecular flexibility index (Phi) is 5.16. The van der Waals surface area contributed by atoms with Crippen LogP contribution in [0.5, 0.6) is 5.75 Å². The molecule has 7 nitrogen and oxygen atoms in total. The molecule has 1 aromatic heterocycles. The van der Waals surface area contributed by atoms with Gasteiger partial charge in [0.25, 0.3) is 11.8 Å². The first-order chi connectivity index (χ1) is 12.8. The molecule has 0 unspecified atom stereocenters. The van der Waals surface area contributed by atoms with Crippen molar-refractivity contribution in [3.05, 3.63) is 47.6 Å². The van der Waals surface area contributed by atoms with E-state index >= 15 is 0 Å². The second kappa shape index (κ2) is 7.38. The molecule has 1 fully saturated rings. The second-order valence-corrected chi connectivity index (χ2v) is 6.98. The van der Waals surface area contributed by atoms with E-state index in [4.69, 9.17) is 9.26 Å². The number of ether oxygens (including phenoxy) is 1. The van der Waals surface area contributed by atoms with E-state index in [9.17, 15) is 14.0 Å². The second-order valence-electron chi connectivity index (χ2n) is 6.98. The third-order valence-electron chi connectivity index (χ3n) is 4.39. The van der Waals surface area contributed by atoms with Gasteiger partial charge in [0, 0.05) is 32.2 Å². The molecule has 0 saturated carbocycles. The summed E-state index contributed by atoms with van der Waals surface area (Å²) in [6.45, 7) is 6.69. The number of benzene rings is 1. The predicted molar refractivity (Wildman–Crippen MR) is 94.8 cm³/mol. The Balaban J connectivity index is 1.58. The zero-order chi connectivity index (χ0) is 19.6. The lowest BCUT2D eigenvalue weighted by atomic mass is 10.1. The van der Waals surface area contributed by atoms with E-state index in [2.05, 4.69) is 5.16 Å². The molecule has 1 aliphatic rings. The molecule has 2 aromatic rings. The largest absolute Gasteiger partial charge is 0.478 e. The summed E-state index contributed by atoms with van der Waals surface area (Å²) >= 11 is 0. The lowest BCUT2D eigenvalue weighted by molar-refractivity contribution is -0.147. The molecule has 144 valence electrons. The van der Waals surface area contributed by atoms with Crippen LogP contribution >= 0.6 is 0 Å². The van der Waals surface area contributed by atoms with Crippen LogP contribution in [0.3, 0.4) is 0 Å². The SMILES string of the molecule is Cc1cc(C(=O)N2CCN(C(=O)C(C)(C)Oc3ccc(F)cc3)CC2)on1. The molecule has 0 N–H and O–H groups in total. The Morgan fingerprint density at radius 3 is 2.26 bits per heavy atom. The third-order valence-corrected chi connectivity index (χ3v) is 4.39. The summed E-state index contributed by atoms with van der Waals surface area (Å²) in [5.74, 6) is -0.162. The van der Waals surface area contributed by atoms with Crippen molar-refractivity contribution in [3.8, 4) is 5.75 Å². The standard InChI is InChI=1S/C19H22FN3O4/c1-13-12-16(27-21-13)17(24)22-8-10-23(11-9-22)18(25)19(2,3)26-15-6-4-14(20)5-7-15/h4-7,12H,8-11H2,1-3H3. The predicted octanol–water partition coefficient (Wildman–Crippen LogP) is 2.26. The minimum absolute atomic E-state index is 0.186. The summed E-state index contributed by atoms with van der Waals surface area (Å²) in [6, 6.07) is 7.14. The van der Waals surface area contributed by atoms with Gasteiger partial charge in [-0.05, 0) is 45.0 Å². The van der Waals surface area contributed by atoms with E-state index in [0.29, 0.717) is 37.6 Å². The Hall–Kier alpha value is -2.90. The van der Waals surface area contributed by atoms with Crippen molar-refractivity contribution < 1.29 is 23.2 Å². The highest BCUT2D eigenvalue weighted by molar-refractivity contribution is 5.92. The number of hydrogen-bond acceptors (Lipinski definition) is 5. The van der Waals surface area contributed by atoms with Crippen molar-refractivity contribution in [3.63, 3.8) is 0 Å². The highest BCUT2D eigenvalue weighted by Crippen LogP contribution is 2.21. The molecule has 0 atom stereocenters. The quantitative estimate of drug-likeness (QED) is 0.819. The number of piperazine rings is 1. The molecule has 2 amide bonds. The molecule has 0 bridgehead atoms. The summed E-state index contributed by atoms with van der Waals surface area (Å²) in [4.78, 5) is 28.5. The maximum absolute atomic E-state index is 13.0. The smallest absolute Gasteiger partial charge is 0.292 e. The maximum atomic E-state index is 13.0. The number of amides is 2. The molecular formula is C19H22FN3O4. The van der Waals surface area contributed by atoms with Gasteiger partial charge in [0.05, 0.1) is 5.69 Å². The maximum Gasteiger partial charge on any atom is 0.292 e. The number of carbonyl (C=O) groups excluding carboxylic acids is 2. The highest BCUT2D eigenvalue weighted by atomic mass is 19.1. The van der Waals surface area contributed by atoms with Gasteiger partial charge >= 0.3 is 0 Å². The van der Waals surface area contributed by atoms with Crippen molar-refractivity contribution in [2.24, 2.45) is 0 Å². The van der Waals surface area contributed by atoms with Gasteiger partial charge in [0.1, 0.15) is 11.6 Å². The van der Waals surface area contributed by atoms with Gasteiger partial charge in [-0.3, -0.25) is 9.59 Å². The fourth-order valence-corrected chi connectivity index (χ4v) is 2.95. The Labute approximate surface area is 156 Å². The average molecular weight is 375 g/mol. The number of nitrogens with zero attached hydrogens (tertiary/aromatic N) is 3. The Bertz CT molecular complexity index is 824. The molecule has 0 spiro atoms. The van der Waals surface area contributed by atoms with Crippen LogP contribution in [-0.4, -0.2) is 58.6 Å². The Morgan fingerprint density at radius 2 is 1.70 bits per heavy atom. The molecule has 1 aliphatic heterocycles. The average Bonchev–Trinajstić information content (AvgIpc) is 3.09. The highest BCUT2D eigenvalue weighted by Gasteiger charge is 2.36. The topological polar surface area (TPSA) is 75.9 Å². The van der Waals surface area contributed by atoms with Crippen molar-refractivity contribution in [1.29, 1.82) is 0 Å². The number of hydrogen-bond donors (Lipinski definition) is 0. The number of aryl methyl sites for hydroxylation is 1. The summed E-state index contributed by atoms with van der Waals surface area (Å²) in [5, 5.41) is 3.73. The molecule has 3 rings (SSSR count). The first kappa shape index (κ1) is 18.9. The van der Waals surface area contributed by atoms with Crippen molar-refractivity contribution in [2.45, 2.75) is 26.4 Å². The van der Waals surface area contributed by atoms with Gasteiger partial charge in [-0.25, -0.2) is 4.39 Å². The summed E-state index contributed by atoms with van der Waals surface area (Å²) < 4.78 is 23.8. The minimum atomic E-state index is -1.11. The minimum Gasteiger partial charge on any atom is -0.478 e. The van der Waals surface area contributed by atoms with Crippen LogP contribution in [0.25, 0.3) is 0 Å².